The Hall–Kier alpha value is -1.98. The van der Waals surface area contributed by atoms with Gasteiger partial charge in [-0.2, -0.15) is 0 Å². The summed E-state index contributed by atoms with van der Waals surface area (Å²) < 4.78 is 28.6. The lowest BCUT2D eigenvalue weighted by Crippen LogP contribution is -2.45. The zero-order valence-electron chi connectivity index (χ0n) is 13.9. The highest BCUT2D eigenvalue weighted by Crippen LogP contribution is 2.36. The average molecular weight is 343 g/mol. The molecule has 0 aliphatic heterocycles. The second kappa shape index (κ2) is 6.15. The maximum Gasteiger partial charge on any atom is 0.241 e. The van der Waals surface area contributed by atoms with Crippen molar-refractivity contribution in [1.29, 1.82) is 0 Å². The summed E-state index contributed by atoms with van der Waals surface area (Å²) in [5.74, 6) is -0.152. The summed E-state index contributed by atoms with van der Waals surface area (Å²) in [6.45, 7) is 3.36. The van der Waals surface area contributed by atoms with E-state index < -0.39 is 15.6 Å². The van der Waals surface area contributed by atoms with E-state index >= 15 is 0 Å². The number of sulfonamides is 1. The first-order valence-electron chi connectivity index (χ1n) is 8.05. The van der Waals surface area contributed by atoms with Crippen molar-refractivity contribution in [3.63, 3.8) is 0 Å². The van der Waals surface area contributed by atoms with Crippen molar-refractivity contribution in [2.45, 2.75) is 43.5 Å². The van der Waals surface area contributed by atoms with E-state index in [4.69, 9.17) is 0 Å². The molecule has 1 N–H and O–H groups in total. The van der Waals surface area contributed by atoms with E-state index in [0.717, 1.165) is 24.8 Å². The molecule has 1 unspecified atom stereocenters. The first-order valence-corrected chi connectivity index (χ1v) is 9.53. The number of nitrogens with one attached hydrogen (secondary N) is 1. The van der Waals surface area contributed by atoms with Crippen LogP contribution in [0.1, 0.15) is 48.2 Å². The molecular weight excluding hydrogens is 322 g/mol. The van der Waals surface area contributed by atoms with E-state index in [9.17, 15) is 13.2 Å². The van der Waals surface area contributed by atoms with E-state index in [1.165, 1.54) is 24.6 Å². The fourth-order valence-corrected chi connectivity index (χ4v) is 4.85. The predicted octanol–water partition coefficient (Wildman–Crippen LogP) is 3.42. The smallest absolute Gasteiger partial charge is 0.241 e. The van der Waals surface area contributed by atoms with E-state index in [2.05, 4.69) is 10.8 Å². The predicted molar refractivity (Wildman–Crippen MR) is 93.5 cm³/mol. The number of Topliss-reactive ketones (excluding diaryl/α,β-unsaturated/α-hetero) is 1. The Morgan fingerprint density at radius 2 is 1.88 bits per heavy atom. The molecule has 0 spiro atoms. The Labute approximate surface area is 143 Å². The zero-order chi connectivity index (χ0) is 17.4. The first-order chi connectivity index (χ1) is 11.3. The third-order valence-electron chi connectivity index (χ3n) is 4.65. The monoisotopic (exact) mass is 343 g/mol. The number of carbonyl (C=O) groups is 1. The SMILES string of the molecule is CC(=O)c1cccc(S(=O)(=O)NC2(C)CCCc3ccccc32)c1. The van der Waals surface area contributed by atoms with Crippen molar-refractivity contribution >= 4 is 15.8 Å². The Morgan fingerprint density at radius 3 is 2.62 bits per heavy atom. The van der Waals surface area contributed by atoms with Gasteiger partial charge in [0.1, 0.15) is 0 Å². The molecule has 5 heteroatoms. The molecule has 3 rings (SSSR count). The number of rotatable bonds is 4. The first kappa shape index (κ1) is 16.9. The summed E-state index contributed by atoms with van der Waals surface area (Å²) >= 11 is 0. The number of hydrogen-bond acceptors (Lipinski definition) is 3. The quantitative estimate of drug-likeness (QED) is 0.865. The molecule has 0 heterocycles. The number of carbonyl (C=O) groups excluding carboxylic acids is 1. The van der Waals surface area contributed by atoms with Crippen molar-refractivity contribution in [1.82, 2.24) is 4.72 Å². The minimum Gasteiger partial charge on any atom is -0.295 e. The van der Waals surface area contributed by atoms with Gasteiger partial charge in [0.05, 0.1) is 10.4 Å². The maximum absolute atomic E-state index is 12.9. The van der Waals surface area contributed by atoms with Crippen LogP contribution in [0, 0.1) is 0 Å². The fraction of sp³-hybridized carbons (Fsp3) is 0.316. The molecule has 0 bridgehead atoms. The fourth-order valence-electron chi connectivity index (χ4n) is 3.39. The molecular formula is C19H21NO3S. The van der Waals surface area contributed by atoms with Gasteiger partial charge in [-0.05, 0) is 56.4 Å². The summed E-state index contributed by atoms with van der Waals surface area (Å²) in [6.07, 6.45) is 2.65. The molecule has 0 aromatic heterocycles. The summed E-state index contributed by atoms with van der Waals surface area (Å²) in [5.41, 5.74) is 1.97. The number of benzene rings is 2. The lowest BCUT2D eigenvalue weighted by molar-refractivity contribution is 0.101. The molecule has 2 aromatic carbocycles. The van der Waals surface area contributed by atoms with Crippen LogP contribution < -0.4 is 4.72 Å². The Kier molecular flexibility index (Phi) is 4.32. The second-order valence-corrected chi connectivity index (χ2v) is 8.21. The third kappa shape index (κ3) is 3.14. The summed E-state index contributed by atoms with van der Waals surface area (Å²) in [4.78, 5) is 11.7. The summed E-state index contributed by atoms with van der Waals surface area (Å²) in [5, 5.41) is 0. The average Bonchev–Trinajstić information content (AvgIpc) is 2.55. The molecule has 0 amide bonds. The van der Waals surface area contributed by atoms with Gasteiger partial charge in [0.15, 0.2) is 5.78 Å². The van der Waals surface area contributed by atoms with Crippen LogP contribution in [0.25, 0.3) is 0 Å². The van der Waals surface area contributed by atoms with Crippen LogP contribution >= 0.6 is 0 Å². The Bertz CT molecular complexity index is 889. The number of ketones is 1. The molecule has 0 fully saturated rings. The van der Waals surface area contributed by atoms with Crippen LogP contribution in [0.2, 0.25) is 0 Å². The molecule has 1 atom stereocenters. The highest BCUT2D eigenvalue weighted by atomic mass is 32.2. The molecule has 126 valence electrons. The molecule has 1 aliphatic carbocycles. The van der Waals surface area contributed by atoms with E-state index in [0.29, 0.717) is 5.56 Å². The zero-order valence-corrected chi connectivity index (χ0v) is 14.7. The van der Waals surface area contributed by atoms with Gasteiger partial charge in [0.25, 0.3) is 0 Å². The molecule has 0 radical (unpaired) electrons. The molecule has 0 saturated heterocycles. The second-order valence-electron chi connectivity index (χ2n) is 6.53. The Balaban J connectivity index is 1.98. The van der Waals surface area contributed by atoms with Crippen molar-refractivity contribution in [3.05, 3.63) is 65.2 Å². The van der Waals surface area contributed by atoms with E-state index in [1.807, 2.05) is 25.1 Å². The summed E-state index contributed by atoms with van der Waals surface area (Å²) in [7, 11) is -3.72. The maximum atomic E-state index is 12.9. The van der Waals surface area contributed by atoms with Crippen molar-refractivity contribution in [2.75, 3.05) is 0 Å². The molecule has 0 saturated carbocycles. The van der Waals surface area contributed by atoms with Gasteiger partial charge in [0, 0.05) is 5.56 Å². The minimum absolute atomic E-state index is 0.125. The lowest BCUT2D eigenvalue weighted by Gasteiger charge is -2.36. The van der Waals surface area contributed by atoms with Gasteiger partial charge < -0.3 is 0 Å². The van der Waals surface area contributed by atoms with E-state index in [1.54, 1.807) is 12.1 Å². The van der Waals surface area contributed by atoms with Crippen molar-refractivity contribution < 1.29 is 13.2 Å². The number of aryl methyl sites for hydroxylation is 1. The lowest BCUT2D eigenvalue weighted by atomic mass is 9.79. The van der Waals surface area contributed by atoms with Gasteiger partial charge in [-0.3, -0.25) is 4.79 Å². The number of hydrogen-bond donors (Lipinski definition) is 1. The van der Waals surface area contributed by atoms with Crippen molar-refractivity contribution in [2.24, 2.45) is 0 Å². The number of fused-ring (bicyclic) bond motifs is 1. The minimum atomic E-state index is -3.72. The van der Waals surface area contributed by atoms with Gasteiger partial charge in [-0.25, -0.2) is 13.1 Å². The standard InChI is InChI=1S/C19H21NO3S/c1-14(21)16-8-5-10-17(13-16)24(22,23)20-19(2)12-6-9-15-7-3-4-11-18(15)19/h3-5,7-8,10-11,13,20H,6,9,12H2,1-2H3. The van der Waals surface area contributed by atoms with Crippen LogP contribution in [0.4, 0.5) is 0 Å². The van der Waals surface area contributed by atoms with Gasteiger partial charge in [0.2, 0.25) is 10.0 Å². The van der Waals surface area contributed by atoms with Crippen LogP contribution in [-0.4, -0.2) is 14.2 Å². The van der Waals surface area contributed by atoms with Crippen LogP contribution in [0.3, 0.4) is 0 Å². The van der Waals surface area contributed by atoms with Crippen molar-refractivity contribution in [3.8, 4) is 0 Å². The third-order valence-corrected chi connectivity index (χ3v) is 6.24. The van der Waals surface area contributed by atoms with Gasteiger partial charge in [-0.1, -0.05) is 36.4 Å². The highest BCUT2D eigenvalue weighted by Gasteiger charge is 2.36. The van der Waals surface area contributed by atoms with Crippen LogP contribution in [0.5, 0.6) is 0 Å². The topological polar surface area (TPSA) is 63.2 Å². The summed E-state index contributed by atoms with van der Waals surface area (Å²) in [6, 6.07) is 14.1. The van der Waals surface area contributed by atoms with Crippen LogP contribution in [0.15, 0.2) is 53.4 Å². The van der Waals surface area contributed by atoms with Gasteiger partial charge >= 0.3 is 0 Å². The van der Waals surface area contributed by atoms with Gasteiger partial charge in [-0.15, -0.1) is 0 Å². The molecule has 1 aliphatic rings. The van der Waals surface area contributed by atoms with E-state index in [-0.39, 0.29) is 10.7 Å². The highest BCUT2D eigenvalue weighted by molar-refractivity contribution is 7.89. The Morgan fingerprint density at radius 1 is 1.12 bits per heavy atom. The molecule has 2 aromatic rings. The molecule has 24 heavy (non-hydrogen) atoms. The van der Waals surface area contributed by atoms with Crippen LogP contribution in [-0.2, 0) is 22.0 Å². The largest absolute Gasteiger partial charge is 0.295 e. The normalized spacial score (nSPS) is 20.4. The molecule has 4 nitrogen and oxygen atoms in total.